The van der Waals surface area contributed by atoms with E-state index in [0.29, 0.717) is 6.54 Å². The van der Waals surface area contributed by atoms with Gasteiger partial charge in [0, 0.05) is 72.6 Å². The van der Waals surface area contributed by atoms with E-state index in [4.69, 9.17) is 9.73 Å². The van der Waals surface area contributed by atoms with Crippen LogP contribution in [-0.4, -0.2) is 101 Å². The molecule has 0 bridgehead atoms. The van der Waals surface area contributed by atoms with Crippen LogP contribution in [0.4, 0.5) is 0 Å². The van der Waals surface area contributed by atoms with E-state index in [1.54, 1.807) is 7.11 Å². The van der Waals surface area contributed by atoms with Gasteiger partial charge in [0.2, 0.25) is 0 Å². The van der Waals surface area contributed by atoms with E-state index in [1.165, 1.54) is 11.1 Å². The van der Waals surface area contributed by atoms with Gasteiger partial charge in [-0.05, 0) is 38.6 Å². The number of likely N-dealkylation sites (N-methyl/N-ethyl adjacent to an activating group) is 2. The number of guanidine groups is 1. The van der Waals surface area contributed by atoms with Crippen LogP contribution in [0.25, 0.3) is 0 Å². The summed E-state index contributed by atoms with van der Waals surface area (Å²) in [5, 5.41) is 6.77. The predicted octanol–water partition coefficient (Wildman–Crippen LogP) is 2.08. The molecule has 0 unspecified atom stereocenters. The first-order valence-corrected chi connectivity index (χ1v) is 11.3. The molecule has 1 aromatic rings. The van der Waals surface area contributed by atoms with Crippen molar-refractivity contribution < 1.29 is 4.74 Å². The second-order valence-electron chi connectivity index (χ2n) is 8.17. The summed E-state index contributed by atoms with van der Waals surface area (Å²) in [5.41, 5.74) is 2.62. The summed E-state index contributed by atoms with van der Waals surface area (Å²) >= 11 is 0. The molecule has 2 N–H and O–H groups in total. The zero-order chi connectivity index (χ0) is 21.6. The maximum atomic E-state index is 5.11. The molecule has 0 saturated carbocycles. The predicted molar refractivity (Wildman–Crippen MR) is 141 cm³/mol. The molecule has 178 valence electrons. The Morgan fingerprint density at radius 3 is 2.39 bits per heavy atom. The molecule has 0 aliphatic carbocycles. The Labute approximate surface area is 206 Å². The maximum absolute atomic E-state index is 5.11. The van der Waals surface area contributed by atoms with E-state index in [0.717, 1.165) is 77.9 Å². The number of rotatable bonds is 12. The second-order valence-corrected chi connectivity index (χ2v) is 8.17. The van der Waals surface area contributed by atoms with Crippen molar-refractivity contribution in [1.82, 2.24) is 25.3 Å². The number of halogens is 1. The molecule has 1 fully saturated rings. The number of nitrogens with one attached hydrogen (secondary N) is 2. The third-order valence-electron chi connectivity index (χ3n) is 5.46. The number of piperazine rings is 1. The van der Waals surface area contributed by atoms with E-state index in [1.807, 2.05) is 0 Å². The number of benzene rings is 1. The van der Waals surface area contributed by atoms with Crippen molar-refractivity contribution in [3.8, 4) is 0 Å². The smallest absolute Gasteiger partial charge is 0.191 e. The van der Waals surface area contributed by atoms with Crippen LogP contribution in [0.3, 0.4) is 0 Å². The van der Waals surface area contributed by atoms with Crippen LogP contribution < -0.4 is 10.6 Å². The van der Waals surface area contributed by atoms with Crippen LogP contribution in [0.15, 0.2) is 29.3 Å². The third kappa shape index (κ3) is 12.0. The Morgan fingerprint density at radius 1 is 1.06 bits per heavy atom. The highest BCUT2D eigenvalue weighted by Crippen LogP contribution is 2.10. The van der Waals surface area contributed by atoms with Gasteiger partial charge in [0.25, 0.3) is 0 Å². The Bertz CT molecular complexity index is 605. The summed E-state index contributed by atoms with van der Waals surface area (Å²) in [4.78, 5) is 12.0. The molecule has 1 aliphatic rings. The molecular formula is C23H43IN6O. The summed E-state index contributed by atoms with van der Waals surface area (Å²) in [6, 6.07) is 8.92. The lowest BCUT2D eigenvalue weighted by Gasteiger charge is -2.32. The van der Waals surface area contributed by atoms with Gasteiger partial charge in [-0.3, -0.25) is 4.90 Å². The highest BCUT2D eigenvalue weighted by atomic mass is 127. The summed E-state index contributed by atoms with van der Waals surface area (Å²) < 4.78 is 5.11. The minimum atomic E-state index is 0. The zero-order valence-electron chi connectivity index (χ0n) is 19.9. The Kier molecular flexibility index (Phi) is 15.1. The van der Waals surface area contributed by atoms with Crippen molar-refractivity contribution in [3.63, 3.8) is 0 Å². The highest BCUT2D eigenvalue weighted by molar-refractivity contribution is 14.0. The summed E-state index contributed by atoms with van der Waals surface area (Å²) in [6.45, 7) is 13.0. The number of nitrogens with zero attached hydrogens (tertiary/aromatic N) is 4. The standard InChI is InChI=1S/C23H42N6O.HI/c1-5-24-23(25-11-13-27(2)12-6-18-30-4)26-19-21-7-9-22(10-8-21)20-29-16-14-28(3)15-17-29;/h7-10H,5-6,11-20H2,1-4H3,(H2,24,25,26);1H. The number of hydrogen-bond donors (Lipinski definition) is 2. The molecule has 0 atom stereocenters. The van der Waals surface area contributed by atoms with E-state index in [2.05, 4.69) is 70.6 Å². The van der Waals surface area contributed by atoms with Gasteiger partial charge in [-0.1, -0.05) is 24.3 Å². The van der Waals surface area contributed by atoms with Crippen molar-refractivity contribution in [2.24, 2.45) is 4.99 Å². The van der Waals surface area contributed by atoms with Crippen LogP contribution in [0.1, 0.15) is 24.5 Å². The van der Waals surface area contributed by atoms with Crippen LogP contribution in [-0.2, 0) is 17.8 Å². The Morgan fingerprint density at radius 2 is 1.74 bits per heavy atom. The molecule has 8 heteroatoms. The Balaban J connectivity index is 0.00000480. The molecular weight excluding hydrogens is 503 g/mol. The maximum Gasteiger partial charge on any atom is 0.191 e. The first-order chi connectivity index (χ1) is 14.6. The minimum absolute atomic E-state index is 0. The number of hydrogen-bond acceptors (Lipinski definition) is 5. The fraction of sp³-hybridized carbons (Fsp3) is 0.696. The van der Waals surface area contributed by atoms with E-state index >= 15 is 0 Å². The topological polar surface area (TPSA) is 55.4 Å². The molecule has 1 aliphatic heterocycles. The van der Waals surface area contributed by atoms with Crippen LogP contribution in [0, 0.1) is 0 Å². The molecule has 0 spiro atoms. The molecule has 31 heavy (non-hydrogen) atoms. The quantitative estimate of drug-likeness (QED) is 0.181. The summed E-state index contributed by atoms with van der Waals surface area (Å²) in [7, 11) is 6.09. The average molecular weight is 547 g/mol. The van der Waals surface area contributed by atoms with Crippen LogP contribution >= 0.6 is 24.0 Å². The number of ether oxygens (including phenoxy) is 1. The van der Waals surface area contributed by atoms with Crippen LogP contribution in [0.2, 0.25) is 0 Å². The van der Waals surface area contributed by atoms with Gasteiger partial charge in [0.05, 0.1) is 6.54 Å². The van der Waals surface area contributed by atoms with Crippen molar-refractivity contribution in [1.29, 1.82) is 0 Å². The molecule has 0 amide bonds. The molecule has 0 aromatic heterocycles. The van der Waals surface area contributed by atoms with Gasteiger partial charge in [-0.2, -0.15) is 0 Å². The fourth-order valence-corrected chi connectivity index (χ4v) is 3.48. The highest BCUT2D eigenvalue weighted by Gasteiger charge is 2.13. The third-order valence-corrected chi connectivity index (χ3v) is 5.46. The monoisotopic (exact) mass is 546 g/mol. The normalized spacial score (nSPS) is 15.7. The lowest BCUT2D eigenvalue weighted by molar-refractivity contribution is 0.148. The van der Waals surface area contributed by atoms with E-state index in [9.17, 15) is 0 Å². The summed E-state index contributed by atoms with van der Waals surface area (Å²) in [6.07, 6.45) is 1.06. The van der Waals surface area contributed by atoms with Gasteiger partial charge in [0.15, 0.2) is 5.96 Å². The van der Waals surface area contributed by atoms with Crippen molar-refractivity contribution in [2.45, 2.75) is 26.4 Å². The van der Waals surface area contributed by atoms with Gasteiger partial charge in [-0.25, -0.2) is 4.99 Å². The molecule has 1 aromatic carbocycles. The lowest BCUT2D eigenvalue weighted by Crippen LogP contribution is -2.43. The van der Waals surface area contributed by atoms with Gasteiger partial charge < -0.3 is 25.2 Å². The number of methoxy groups -OCH3 is 1. The van der Waals surface area contributed by atoms with Crippen molar-refractivity contribution in [3.05, 3.63) is 35.4 Å². The fourth-order valence-electron chi connectivity index (χ4n) is 3.48. The molecule has 1 saturated heterocycles. The first-order valence-electron chi connectivity index (χ1n) is 11.3. The van der Waals surface area contributed by atoms with Gasteiger partial charge >= 0.3 is 0 Å². The Hall–Kier alpha value is -0.940. The van der Waals surface area contributed by atoms with Crippen LogP contribution in [0.5, 0.6) is 0 Å². The molecule has 1 heterocycles. The zero-order valence-corrected chi connectivity index (χ0v) is 22.2. The van der Waals surface area contributed by atoms with Gasteiger partial charge in [-0.15, -0.1) is 24.0 Å². The van der Waals surface area contributed by atoms with Crippen molar-refractivity contribution >= 4 is 29.9 Å². The second kappa shape index (κ2) is 16.7. The van der Waals surface area contributed by atoms with Crippen molar-refractivity contribution in [2.75, 3.05) is 80.2 Å². The SMILES string of the molecule is CCNC(=NCc1ccc(CN2CCN(C)CC2)cc1)NCCN(C)CCCOC.I. The molecule has 7 nitrogen and oxygen atoms in total. The van der Waals surface area contributed by atoms with Gasteiger partial charge in [0.1, 0.15) is 0 Å². The molecule has 0 radical (unpaired) electrons. The largest absolute Gasteiger partial charge is 0.385 e. The molecule has 2 rings (SSSR count). The lowest BCUT2D eigenvalue weighted by atomic mass is 10.1. The average Bonchev–Trinajstić information content (AvgIpc) is 2.75. The minimum Gasteiger partial charge on any atom is -0.385 e. The first kappa shape index (κ1) is 28.1. The summed E-state index contributed by atoms with van der Waals surface area (Å²) in [5.74, 6) is 0.879. The van der Waals surface area contributed by atoms with E-state index in [-0.39, 0.29) is 24.0 Å². The number of aliphatic imine (C=N–C) groups is 1. The van der Waals surface area contributed by atoms with E-state index < -0.39 is 0 Å².